The van der Waals surface area contributed by atoms with Crippen molar-refractivity contribution in [3.8, 4) is 21.6 Å². The number of carbonyl (C=O) groups is 1. The van der Waals surface area contributed by atoms with Gasteiger partial charge in [0.15, 0.2) is 6.29 Å². The quantitative estimate of drug-likeness (QED) is 0.159. The van der Waals surface area contributed by atoms with Crippen LogP contribution in [0.4, 0.5) is 10.5 Å². The maximum Gasteiger partial charge on any atom is 0.439 e. The second-order valence-electron chi connectivity index (χ2n) is 11.3. The fraction of sp³-hybridized carbons (Fsp3) is 0.270. The summed E-state index contributed by atoms with van der Waals surface area (Å²) in [4.78, 5) is 21.4. The van der Waals surface area contributed by atoms with E-state index < -0.39 is 12.4 Å². The summed E-state index contributed by atoms with van der Waals surface area (Å²) < 4.78 is 11.1. The van der Waals surface area contributed by atoms with E-state index in [-0.39, 0.29) is 6.61 Å². The number of rotatable bonds is 7. The topological polar surface area (TPSA) is 48.0 Å². The van der Waals surface area contributed by atoms with Gasteiger partial charge in [0, 0.05) is 22.8 Å². The Balaban J connectivity index is 1.14. The number of fused-ring (bicyclic) bond motifs is 5. The molecule has 1 fully saturated rings. The number of nitrogens with zero attached hydrogens (tertiary/aromatic N) is 1. The van der Waals surface area contributed by atoms with Crippen LogP contribution in [0.25, 0.3) is 33.2 Å². The smallest absolute Gasteiger partial charge is 0.439 e. The maximum absolute atomic E-state index is 13.0. The van der Waals surface area contributed by atoms with Crippen molar-refractivity contribution in [3.63, 3.8) is 0 Å². The summed E-state index contributed by atoms with van der Waals surface area (Å²) >= 11 is 1.78. The maximum atomic E-state index is 13.0. The average molecular weight is 590 g/mol. The first kappa shape index (κ1) is 27.8. The van der Waals surface area contributed by atoms with Crippen molar-refractivity contribution in [1.29, 1.82) is 0 Å². The number of aryl methyl sites for hydroxylation is 1. The fourth-order valence-electron chi connectivity index (χ4n) is 6.42. The summed E-state index contributed by atoms with van der Waals surface area (Å²) in [5.74, 6) is 0. The second kappa shape index (κ2) is 12.3. The molecule has 1 aromatic heterocycles. The number of hydroxylamine groups is 1. The van der Waals surface area contributed by atoms with Crippen LogP contribution in [0.15, 0.2) is 85.5 Å². The molecule has 7 rings (SSSR count). The van der Waals surface area contributed by atoms with E-state index in [1.165, 1.54) is 48.9 Å². The Morgan fingerprint density at radius 1 is 0.930 bits per heavy atom. The molecule has 1 aliphatic heterocycles. The number of allylic oxidation sites excluding steroid dienone is 1. The Morgan fingerprint density at radius 2 is 1.81 bits per heavy atom. The molecule has 1 amide bonds. The Morgan fingerprint density at radius 3 is 2.70 bits per heavy atom. The van der Waals surface area contributed by atoms with E-state index in [0.717, 1.165) is 55.4 Å². The molecule has 0 radical (unpaired) electrons. The number of carbonyl (C=O) groups excluding carboxylic acids is 1. The van der Waals surface area contributed by atoms with Gasteiger partial charge in [0.25, 0.3) is 0 Å². The standard InChI is InChI=1S/C37H35NO4S/c1-2-21-41-37(39)38(42-36-12-5-6-22-40-36)29-10-7-9-27(24-29)34-19-20-35(43-34)28-15-16-31-26(23-28)14-18-32-30-11-4-3-8-25(30)13-17-33(31)32/h2-4,7-11,14,18-20,23-24,36H,1,5-6,12-13,15-17,21-22H2. The fourth-order valence-corrected chi connectivity index (χ4v) is 7.46. The van der Waals surface area contributed by atoms with Crippen LogP contribution in [0.5, 0.6) is 0 Å². The third-order valence-electron chi connectivity index (χ3n) is 8.53. The Labute approximate surface area is 257 Å². The van der Waals surface area contributed by atoms with E-state index in [0.29, 0.717) is 12.3 Å². The van der Waals surface area contributed by atoms with Crippen LogP contribution in [0.1, 0.15) is 52.8 Å². The highest BCUT2D eigenvalue weighted by molar-refractivity contribution is 7.16. The Bertz CT molecular complexity index is 1700. The minimum absolute atomic E-state index is 0.104. The lowest BCUT2D eigenvalue weighted by atomic mass is 9.78. The molecule has 0 spiro atoms. The first-order valence-corrected chi connectivity index (χ1v) is 16.0. The third-order valence-corrected chi connectivity index (χ3v) is 9.74. The van der Waals surface area contributed by atoms with E-state index in [1.807, 2.05) is 18.2 Å². The minimum atomic E-state index is -0.588. The van der Waals surface area contributed by atoms with Crippen molar-refractivity contribution < 1.29 is 19.1 Å². The molecule has 0 saturated carbocycles. The number of thiophene rings is 1. The van der Waals surface area contributed by atoms with Crippen LogP contribution >= 0.6 is 11.3 Å². The van der Waals surface area contributed by atoms with Gasteiger partial charge in [0.2, 0.25) is 0 Å². The summed E-state index contributed by atoms with van der Waals surface area (Å²) in [5.41, 5.74) is 11.7. The predicted octanol–water partition coefficient (Wildman–Crippen LogP) is 9.25. The van der Waals surface area contributed by atoms with Gasteiger partial charge in [-0.1, -0.05) is 67.3 Å². The lowest BCUT2D eigenvalue weighted by Crippen LogP contribution is -2.38. The molecule has 2 heterocycles. The zero-order valence-electron chi connectivity index (χ0n) is 24.2. The van der Waals surface area contributed by atoms with E-state index in [2.05, 4.69) is 67.3 Å². The monoisotopic (exact) mass is 589 g/mol. The molecule has 1 unspecified atom stereocenters. The minimum Gasteiger partial charge on any atom is -0.443 e. The Hall–Kier alpha value is -3.97. The molecule has 3 aliphatic rings. The number of hydrogen-bond donors (Lipinski definition) is 0. The molecule has 1 saturated heterocycles. The first-order chi connectivity index (χ1) is 21.2. The molecule has 4 aromatic rings. The summed E-state index contributed by atoms with van der Waals surface area (Å²) in [7, 11) is 0. The first-order valence-electron chi connectivity index (χ1n) is 15.2. The molecule has 0 N–H and O–H groups in total. The van der Waals surface area contributed by atoms with Gasteiger partial charge in [0.1, 0.15) is 6.61 Å². The van der Waals surface area contributed by atoms with Crippen molar-refractivity contribution >= 4 is 34.8 Å². The molecule has 218 valence electrons. The largest absolute Gasteiger partial charge is 0.443 e. The van der Waals surface area contributed by atoms with Crippen molar-refractivity contribution in [2.24, 2.45) is 0 Å². The van der Waals surface area contributed by atoms with Crippen molar-refractivity contribution in [3.05, 3.63) is 113 Å². The summed E-state index contributed by atoms with van der Waals surface area (Å²) in [6.07, 6.45) is 9.92. The van der Waals surface area contributed by atoms with Gasteiger partial charge in [-0.2, -0.15) is 5.06 Å². The molecule has 43 heavy (non-hydrogen) atoms. The Kier molecular flexibility index (Phi) is 7.98. The van der Waals surface area contributed by atoms with Crippen LogP contribution in [0.3, 0.4) is 0 Å². The molecule has 0 bridgehead atoms. The van der Waals surface area contributed by atoms with Crippen molar-refractivity contribution in [2.75, 3.05) is 18.3 Å². The highest BCUT2D eigenvalue weighted by Gasteiger charge is 2.26. The molecular formula is C37H35NO4S. The highest BCUT2D eigenvalue weighted by Crippen LogP contribution is 2.42. The number of amides is 1. The lowest BCUT2D eigenvalue weighted by molar-refractivity contribution is -0.166. The predicted molar refractivity (Wildman–Crippen MR) is 174 cm³/mol. The van der Waals surface area contributed by atoms with Gasteiger partial charge in [-0.25, -0.2) is 9.63 Å². The van der Waals surface area contributed by atoms with Crippen LogP contribution in [-0.4, -0.2) is 25.6 Å². The SMILES string of the molecule is C=CCOC(=O)N(OC1CCCCO1)c1cccc(-c2ccc(C3=Cc4ccc5c(c4CC3)CCc3ccccc3-5)s2)c1. The van der Waals surface area contributed by atoms with Gasteiger partial charge in [-0.15, -0.1) is 11.3 Å². The third kappa shape index (κ3) is 5.70. The van der Waals surface area contributed by atoms with Gasteiger partial charge in [0.05, 0.1) is 5.69 Å². The number of hydrogen-bond acceptors (Lipinski definition) is 5. The average Bonchev–Trinajstić information content (AvgIpc) is 3.57. The zero-order chi connectivity index (χ0) is 29.2. The van der Waals surface area contributed by atoms with Crippen molar-refractivity contribution in [1.82, 2.24) is 0 Å². The molecule has 6 heteroatoms. The van der Waals surface area contributed by atoms with Crippen LogP contribution in [-0.2, 0) is 33.6 Å². The van der Waals surface area contributed by atoms with E-state index in [9.17, 15) is 4.79 Å². The molecule has 5 nitrogen and oxygen atoms in total. The lowest BCUT2D eigenvalue weighted by Gasteiger charge is -2.28. The summed E-state index contributed by atoms with van der Waals surface area (Å²) in [6, 6.07) is 25.7. The molecule has 1 atom stereocenters. The zero-order valence-corrected chi connectivity index (χ0v) is 25.0. The van der Waals surface area contributed by atoms with Crippen LogP contribution in [0.2, 0.25) is 0 Å². The number of anilines is 1. The second-order valence-corrected chi connectivity index (χ2v) is 12.3. The van der Waals surface area contributed by atoms with Crippen LogP contribution in [0, 0.1) is 0 Å². The molecule has 2 aliphatic carbocycles. The van der Waals surface area contributed by atoms with Gasteiger partial charge in [-0.3, -0.25) is 0 Å². The normalized spacial score (nSPS) is 17.2. The van der Waals surface area contributed by atoms with E-state index in [1.54, 1.807) is 17.4 Å². The summed E-state index contributed by atoms with van der Waals surface area (Å²) in [5, 5.41) is 1.22. The highest BCUT2D eigenvalue weighted by atomic mass is 32.1. The van der Waals surface area contributed by atoms with Gasteiger partial charge >= 0.3 is 6.09 Å². The van der Waals surface area contributed by atoms with E-state index in [4.69, 9.17) is 14.3 Å². The van der Waals surface area contributed by atoms with Gasteiger partial charge < -0.3 is 9.47 Å². The van der Waals surface area contributed by atoms with E-state index >= 15 is 0 Å². The number of ether oxygens (including phenoxy) is 2. The van der Waals surface area contributed by atoms with Gasteiger partial charge in [-0.05, 0) is 107 Å². The molecular weight excluding hydrogens is 554 g/mol. The van der Waals surface area contributed by atoms with Crippen LogP contribution < -0.4 is 5.06 Å². The number of benzene rings is 3. The molecule has 3 aromatic carbocycles. The summed E-state index contributed by atoms with van der Waals surface area (Å²) in [6.45, 7) is 4.37. The van der Waals surface area contributed by atoms with Crippen molar-refractivity contribution in [2.45, 2.75) is 51.2 Å².